The molecule has 8 heterocycles. The fourth-order valence-corrected chi connectivity index (χ4v) is 10.2. The number of pyridine rings is 4. The van der Waals surface area contributed by atoms with Gasteiger partial charge < -0.3 is 32.8 Å². The Morgan fingerprint density at radius 2 is 0.946 bits per heavy atom. The van der Waals surface area contributed by atoms with Crippen LogP contribution in [0.5, 0.6) is 11.8 Å². The van der Waals surface area contributed by atoms with Crippen molar-refractivity contribution >= 4 is 57.2 Å². The molecule has 0 fully saturated rings. The third kappa shape index (κ3) is 14.3. The Morgan fingerprint density at radius 1 is 0.505 bits per heavy atom. The van der Waals surface area contributed by atoms with Crippen molar-refractivity contribution in [2.45, 2.75) is 52.4 Å². The lowest BCUT2D eigenvalue weighted by molar-refractivity contribution is -0.130. The molecule has 0 atom stereocenters. The van der Waals surface area contributed by atoms with E-state index < -0.39 is 61.6 Å². The van der Waals surface area contributed by atoms with Gasteiger partial charge in [-0.05, 0) is 83.9 Å². The molecule has 31 heteroatoms. The van der Waals surface area contributed by atoms with E-state index in [0.29, 0.717) is 32.8 Å². The van der Waals surface area contributed by atoms with Crippen LogP contribution in [0.1, 0.15) is 54.6 Å². The average Bonchev–Trinajstić information content (AvgIpc) is 1.68. The summed E-state index contributed by atoms with van der Waals surface area (Å²) >= 11 is 12.9. The number of fused-ring (bicyclic) bond motifs is 2. The van der Waals surface area contributed by atoms with Crippen LogP contribution in [-0.4, -0.2) is 107 Å². The van der Waals surface area contributed by atoms with Crippen LogP contribution < -0.4 is 9.47 Å². The van der Waals surface area contributed by atoms with Crippen molar-refractivity contribution in [3.8, 4) is 45.9 Å². The minimum Gasteiger partial charge on any atom is -0.473 e. The van der Waals surface area contributed by atoms with Crippen LogP contribution >= 0.6 is 23.2 Å². The maximum absolute atomic E-state index is 16.1. The summed E-state index contributed by atoms with van der Waals surface area (Å²) in [4.78, 5) is 54.0. The first-order chi connectivity index (χ1) is 45.0. The summed E-state index contributed by atoms with van der Waals surface area (Å²) in [5.41, 5.74) is 0.449. The Hall–Kier alpha value is -10.6. The van der Waals surface area contributed by atoms with Crippen LogP contribution in [0.4, 0.5) is 35.1 Å². The number of rotatable bonds is 24. The first-order valence-electron chi connectivity index (χ1n) is 27.7. The third-order valence-electron chi connectivity index (χ3n) is 14.3. The minimum absolute atomic E-state index is 0.0248. The van der Waals surface area contributed by atoms with Gasteiger partial charge in [-0.2, -0.15) is 17.6 Å². The second-order valence-corrected chi connectivity index (χ2v) is 21.0. The lowest BCUT2D eigenvalue weighted by Crippen LogP contribution is -2.15. The quantitative estimate of drug-likeness (QED) is 0.0311. The zero-order valence-corrected chi connectivity index (χ0v) is 49.1. The van der Waals surface area contributed by atoms with E-state index in [0.717, 1.165) is 24.3 Å². The van der Waals surface area contributed by atoms with Crippen LogP contribution in [-0.2, 0) is 53.4 Å². The van der Waals surface area contributed by atoms with Crippen LogP contribution in [0, 0.1) is 23.3 Å². The molecule has 12 aromatic rings. The van der Waals surface area contributed by atoms with Crippen LogP contribution in [0.15, 0.2) is 146 Å². The van der Waals surface area contributed by atoms with Crippen LogP contribution in [0.25, 0.3) is 56.2 Å². The van der Waals surface area contributed by atoms with Crippen molar-refractivity contribution in [3.05, 3.63) is 225 Å². The standard InChI is InChI=1S/C62H42Cl2F8N14O7/c63-41-27-53(85-13-11-75-81-85)73-29-37(41)31-91-57-5-1-3-47(79-57)39-25-43(65)35(19-45(39)67)23-55-77-49-9-7-33(21-51(49)83(55)15-17-89-61(69)70)59(87)93-60(88)34-8-10-50-52(22-34)84(16-18-90-62(71)72)56(78-50)24-36-20-46(68)40(26-44(36)66)48-4-2-6-58(80-48)92-32-38-30-74-54(28-42(38)64)86-14-12-76-82-86/h1-14,19-22,25-30,61-62H,15-18,23-24,31-32H2. The van der Waals surface area contributed by atoms with Gasteiger partial charge in [-0.25, -0.2) is 66.4 Å². The number of nitrogens with zero attached hydrogens (tertiary/aromatic N) is 14. The Morgan fingerprint density at radius 3 is 1.34 bits per heavy atom. The second-order valence-electron chi connectivity index (χ2n) is 20.2. The molecule has 4 aromatic carbocycles. The molecule has 0 saturated carbocycles. The number of imidazole rings is 2. The smallest absolute Gasteiger partial charge is 0.346 e. The number of carbonyl (C=O) groups is 2. The van der Waals surface area contributed by atoms with E-state index in [2.05, 4.69) is 60.0 Å². The van der Waals surface area contributed by atoms with Gasteiger partial charge in [-0.15, -0.1) is 10.2 Å². The number of halogens is 10. The summed E-state index contributed by atoms with van der Waals surface area (Å²) in [7, 11) is 0. The molecule has 472 valence electrons. The van der Waals surface area contributed by atoms with Gasteiger partial charge in [0.2, 0.25) is 11.8 Å². The number of hydrogen-bond acceptors (Lipinski definition) is 17. The van der Waals surface area contributed by atoms with Gasteiger partial charge in [0.05, 0.1) is 92.6 Å². The number of esters is 2. The predicted molar refractivity (Wildman–Crippen MR) is 315 cm³/mol. The second kappa shape index (κ2) is 27.5. The largest absolute Gasteiger partial charge is 0.473 e. The van der Waals surface area contributed by atoms with E-state index in [-0.39, 0.29) is 129 Å². The number of hydrogen-bond donors (Lipinski definition) is 0. The molecule has 0 unspecified atom stereocenters. The summed E-state index contributed by atoms with van der Waals surface area (Å²) in [5.74, 6) is -4.82. The zero-order chi connectivity index (χ0) is 64.9. The van der Waals surface area contributed by atoms with Gasteiger partial charge in [0, 0.05) is 84.8 Å². The average molecular weight is 1320 g/mol. The summed E-state index contributed by atoms with van der Waals surface area (Å²) in [6.07, 6.45) is 8.33. The molecule has 21 nitrogen and oxygen atoms in total. The zero-order valence-electron chi connectivity index (χ0n) is 47.6. The van der Waals surface area contributed by atoms with Crippen LogP contribution in [0.2, 0.25) is 10.0 Å². The number of carbonyl (C=O) groups excluding carboxylic acids is 2. The molecule has 8 aromatic heterocycles. The van der Waals surface area contributed by atoms with Crippen molar-refractivity contribution in [1.29, 1.82) is 0 Å². The van der Waals surface area contributed by atoms with E-state index >= 15 is 17.6 Å². The highest BCUT2D eigenvalue weighted by atomic mass is 35.5. The lowest BCUT2D eigenvalue weighted by atomic mass is 10.0. The molecule has 0 amide bonds. The normalized spacial score (nSPS) is 11.6. The van der Waals surface area contributed by atoms with Crippen LogP contribution in [0.3, 0.4) is 0 Å². The molecule has 0 radical (unpaired) electrons. The van der Waals surface area contributed by atoms with E-state index in [1.807, 2.05) is 0 Å². The highest BCUT2D eigenvalue weighted by Gasteiger charge is 2.24. The number of aromatic nitrogens is 14. The number of ether oxygens (including phenoxy) is 5. The monoisotopic (exact) mass is 1320 g/mol. The van der Waals surface area contributed by atoms with Gasteiger partial charge in [-0.3, -0.25) is 0 Å². The summed E-state index contributed by atoms with van der Waals surface area (Å²) < 4.78 is 149. The van der Waals surface area contributed by atoms with Gasteiger partial charge in [-0.1, -0.05) is 45.8 Å². The lowest BCUT2D eigenvalue weighted by Gasteiger charge is -2.13. The molecule has 93 heavy (non-hydrogen) atoms. The predicted octanol–water partition coefficient (Wildman–Crippen LogP) is 12.1. The molecular formula is C62H42Cl2F8N14O7. The molecule has 0 aliphatic heterocycles. The topological polar surface area (TPSA) is 229 Å². The van der Waals surface area contributed by atoms with E-state index in [4.69, 9.17) is 37.4 Å². The fourth-order valence-electron chi connectivity index (χ4n) is 9.83. The van der Waals surface area contributed by atoms with Crippen molar-refractivity contribution in [3.63, 3.8) is 0 Å². The fraction of sp³-hybridized carbons (Fsp3) is 0.161. The van der Waals surface area contributed by atoms with Crippen molar-refractivity contribution in [2.75, 3.05) is 13.2 Å². The number of benzene rings is 4. The highest BCUT2D eigenvalue weighted by molar-refractivity contribution is 6.31. The van der Waals surface area contributed by atoms with Crippen molar-refractivity contribution < 1.29 is 68.4 Å². The molecule has 0 saturated heterocycles. The molecule has 0 aliphatic rings. The summed E-state index contributed by atoms with van der Waals surface area (Å²) in [6, 6.07) is 23.6. The molecular weight excluding hydrogens is 1280 g/mol. The maximum Gasteiger partial charge on any atom is 0.346 e. The van der Waals surface area contributed by atoms with Gasteiger partial charge >= 0.3 is 25.2 Å². The maximum atomic E-state index is 16.1. The van der Waals surface area contributed by atoms with Crippen molar-refractivity contribution in [1.82, 2.24) is 69.0 Å². The molecule has 0 aliphatic carbocycles. The van der Waals surface area contributed by atoms with E-state index in [1.165, 1.54) is 116 Å². The van der Waals surface area contributed by atoms with Gasteiger partial charge in [0.15, 0.2) is 11.6 Å². The molecule has 0 spiro atoms. The Balaban J connectivity index is 0.740. The van der Waals surface area contributed by atoms with Crippen molar-refractivity contribution in [2.24, 2.45) is 0 Å². The van der Waals surface area contributed by atoms with E-state index in [1.54, 1.807) is 24.5 Å². The third-order valence-corrected chi connectivity index (χ3v) is 15.0. The first-order valence-corrected chi connectivity index (χ1v) is 28.5. The Kier molecular flexibility index (Phi) is 18.5. The summed E-state index contributed by atoms with van der Waals surface area (Å²) in [5, 5.41) is 15.9. The highest BCUT2D eigenvalue weighted by Crippen LogP contribution is 2.32. The molecule has 12 rings (SSSR count). The van der Waals surface area contributed by atoms with Gasteiger partial charge in [0.25, 0.3) is 0 Å². The Labute approximate surface area is 528 Å². The van der Waals surface area contributed by atoms with Gasteiger partial charge in [0.1, 0.15) is 48.1 Å². The SMILES string of the molecule is O=C(OC(=O)c1ccc2nc(Cc3cc(F)c(-c4cccc(OCc5cnc(-n6ccnn6)cc5Cl)n4)cc3F)n(CCOC(F)F)c2c1)c1ccc2nc(Cc3cc(F)c(-c4cccc(OCc5cnc(-n6ccnn6)cc5Cl)n4)cc3F)n(CCOC(F)F)c2c1. The molecule has 0 bridgehead atoms. The Bertz CT molecular complexity index is 4460. The summed E-state index contributed by atoms with van der Waals surface area (Å²) in [6.45, 7) is -8.29. The van der Waals surface area contributed by atoms with E-state index in [9.17, 15) is 27.2 Å². The minimum atomic E-state index is -3.17. The number of alkyl halides is 4. The molecule has 0 N–H and O–H groups in total. The first kappa shape index (κ1) is 62.6.